The highest BCUT2D eigenvalue weighted by Gasteiger charge is 1.92. The summed E-state index contributed by atoms with van der Waals surface area (Å²) >= 11 is 0. The van der Waals surface area contributed by atoms with Gasteiger partial charge in [-0.15, -0.1) is 0 Å². The van der Waals surface area contributed by atoms with E-state index in [2.05, 4.69) is 11.5 Å². The Balaban J connectivity index is 0. The summed E-state index contributed by atoms with van der Waals surface area (Å²) in [5.41, 5.74) is 8.50. The summed E-state index contributed by atoms with van der Waals surface area (Å²) in [6.07, 6.45) is 0. The van der Waals surface area contributed by atoms with Gasteiger partial charge in [-0.1, -0.05) is 0 Å². The fourth-order valence-electron chi connectivity index (χ4n) is 0. The lowest BCUT2D eigenvalue weighted by Crippen LogP contribution is -2.18. The molecule has 7 heteroatoms. The molecule has 0 aliphatic carbocycles. The van der Waals surface area contributed by atoms with Crippen LogP contribution in [0.1, 0.15) is 0 Å². The van der Waals surface area contributed by atoms with Crippen molar-refractivity contribution in [1.82, 2.24) is 0 Å². The minimum atomic E-state index is -2.17. The van der Waals surface area contributed by atoms with E-state index < -0.39 is 13.4 Å². The Morgan fingerprint density at radius 1 is 1.25 bits per heavy atom. The average molecular weight is 122 g/mol. The van der Waals surface area contributed by atoms with Crippen LogP contribution in [-0.4, -0.2) is 28.4 Å². The Hall–Kier alpha value is -0.785. The quantitative estimate of drug-likeness (QED) is 0.219. The van der Waals surface area contributed by atoms with Crippen molar-refractivity contribution >= 4 is 13.4 Å². The van der Waals surface area contributed by atoms with Crippen molar-refractivity contribution in [3.8, 4) is 0 Å². The van der Waals surface area contributed by atoms with Crippen molar-refractivity contribution in [2.75, 3.05) is 0 Å². The lowest BCUT2D eigenvalue weighted by Gasteiger charge is -1.69. The summed E-state index contributed by atoms with van der Waals surface area (Å²) < 4.78 is 0. The summed E-state index contributed by atoms with van der Waals surface area (Å²) in [4.78, 5) is 9.00. The van der Waals surface area contributed by atoms with Gasteiger partial charge in [0, 0.05) is 0 Å². The van der Waals surface area contributed by atoms with E-state index >= 15 is 0 Å². The minimum Gasteiger partial charge on any atom is -0.402 e. The highest BCUT2D eigenvalue weighted by molar-refractivity contribution is 6.30. The lowest BCUT2D eigenvalue weighted by atomic mass is 10.3. The first-order valence-electron chi connectivity index (χ1n) is 1.56. The Kier molecular flexibility index (Phi) is 7.96. The fourth-order valence-corrected chi connectivity index (χ4v) is 0. The van der Waals surface area contributed by atoms with Crippen LogP contribution in [0, 0.1) is 0 Å². The normalized spacial score (nSPS) is 6.38. The van der Waals surface area contributed by atoms with Gasteiger partial charge < -0.3 is 26.5 Å². The van der Waals surface area contributed by atoms with Gasteiger partial charge in [-0.25, -0.2) is 4.79 Å². The highest BCUT2D eigenvalue weighted by Crippen LogP contribution is 1.40. The average Bonchev–Trinajstić information content (AvgIpc) is 1.25. The first-order chi connectivity index (χ1) is 3.46. The third-order valence-electron chi connectivity index (χ3n) is 0. The third kappa shape index (κ3) is 150. The molecule has 0 aliphatic rings. The van der Waals surface area contributed by atoms with Gasteiger partial charge in [-0.3, -0.25) is 0 Å². The number of amides is 2. The first-order valence-corrected chi connectivity index (χ1v) is 1.56. The number of urea groups is 1. The van der Waals surface area contributed by atoms with Gasteiger partial charge in [0.25, 0.3) is 0 Å². The smallest absolute Gasteiger partial charge is 0.402 e. The van der Waals surface area contributed by atoms with Crippen molar-refractivity contribution < 1.29 is 19.9 Å². The molecule has 0 bridgehead atoms. The number of hydrogen-bond donors (Lipinski definition) is 5. The van der Waals surface area contributed by atoms with Crippen molar-refractivity contribution in [1.29, 1.82) is 0 Å². The van der Waals surface area contributed by atoms with Crippen molar-refractivity contribution in [3.05, 3.63) is 0 Å². The summed E-state index contributed by atoms with van der Waals surface area (Å²) in [6, 6.07) is -0.833. The first kappa shape index (κ1) is 10.2. The summed E-state index contributed by atoms with van der Waals surface area (Å²) in [5, 5.41) is 21.5. The van der Waals surface area contributed by atoms with Gasteiger partial charge in [0.15, 0.2) is 0 Å². The molecule has 0 fully saturated rings. The fraction of sp³-hybridized carbons (Fsp3) is 0. The molecule has 0 saturated heterocycles. The Morgan fingerprint density at radius 2 is 1.25 bits per heavy atom. The van der Waals surface area contributed by atoms with Gasteiger partial charge in [0.1, 0.15) is 0 Å². The molecule has 0 spiro atoms. The van der Waals surface area contributed by atoms with Gasteiger partial charge in [-0.05, 0) is 0 Å². The second-order valence-electron chi connectivity index (χ2n) is 0.749. The molecule has 6 nitrogen and oxygen atoms in total. The summed E-state index contributed by atoms with van der Waals surface area (Å²) in [6.45, 7) is 0. The SMILES string of the molecule is NC(N)=O.OB(O)O. The maximum Gasteiger partial charge on any atom is 0.631 e. The van der Waals surface area contributed by atoms with E-state index in [1.165, 1.54) is 0 Å². The Morgan fingerprint density at radius 3 is 1.25 bits per heavy atom. The number of carbonyl (C=O) groups is 1. The van der Waals surface area contributed by atoms with E-state index in [9.17, 15) is 0 Å². The van der Waals surface area contributed by atoms with Crippen LogP contribution in [0.2, 0.25) is 0 Å². The Bertz CT molecular complexity index is 58.3. The van der Waals surface area contributed by atoms with Crippen LogP contribution in [0.4, 0.5) is 4.79 Å². The monoisotopic (exact) mass is 122 g/mol. The van der Waals surface area contributed by atoms with Crippen LogP contribution < -0.4 is 11.5 Å². The van der Waals surface area contributed by atoms with Gasteiger partial charge in [0.2, 0.25) is 0 Å². The largest absolute Gasteiger partial charge is 0.631 e. The predicted octanol–water partition coefficient (Wildman–Crippen LogP) is -3.03. The number of hydrogen-bond acceptors (Lipinski definition) is 4. The molecule has 0 aromatic heterocycles. The zero-order chi connectivity index (χ0) is 7.15. The number of carbonyl (C=O) groups excluding carboxylic acids is 1. The Labute approximate surface area is 45.9 Å². The predicted molar refractivity (Wildman–Crippen MR) is 26.2 cm³/mol. The molecule has 0 aromatic rings. The van der Waals surface area contributed by atoms with Crippen LogP contribution in [-0.2, 0) is 0 Å². The van der Waals surface area contributed by atoms with Gasteiger partial charge in [0.05, 0.1) is 0 Å². The molecule has 2 amide bonds. The molecular weight excluding hydrogens is 115 g/mol. The molecule has 0 atom stereocenters. The summed E-state index contributed by atoms with van der Waals surface area (Å²) in [5.74, 6) is 0. The van der Waals surface area contributed by atoms with Crippen LogP contribution in [0.5, 0.6) is 0 Å². The van der Waals surface area contributed by atoms with E-state index in [1.54, 1.807) is 0 Å². The van der Waals surface area contributed by atoms with Crippen LogP contribution in [0.15, 0.2) is 0 Å². The number of rotatable bonds is 0. The zero-order valence-electron chi connectivity index (χ0n) is 3.98. The molecule has 0 radical (unpaired) electrons. The van der Waals surface area contributed by atoms with Crippen molar-refractivity contribution in [3.63, 3.8) is 0 Å². The second kappa shape index (κ2) is 6.21. The molecule has 0 aliphatic heterocycles. The van der Waals surface area contributed by atoms with E-state index in [0.29, 0.717) is 0 Å². The molecule has 0 unspecified atom stereocenters. The zero-order valence-corrected chi connectivity index (χ0v) is 3.98. The molecule has 7 N–H and O–H groups in total. The molecule has 0 heterocycles. The molecule has 48 valence electrons. The molecule has 0 rings (SSSR count). The van der Waals surface area contributed by atoms with E-state index in [4.69, 9.17) is 19.9 Å². The standard InChI is InChI=1S/CH4N2O.BH3O3/c2*2-1(3)4/h(H4,2,3,4);2-4H. The molecule has 0 saturated carbocycles. The molecule has 8 heavy (non-hydrogen) atoms. The van der Waals surface area contributed by atoms with Gasteiger partial charge in [-0.2, -0.15) is 0 Å². The van der Waals surface area contributed by atoms with E-state index in [0.717, 1.165) is 0 Å². The number of primary amides is 2. The van der Waals surface area contributed by atoms with Crippen LogP contribution in [0.3, 0.4) is 0 Å². The van der Waals surface area contributed by atoms with E-state index in [-0.39, 0.29) is 0 Å². The molecular formula is CH7BN2O4. The minimum absolute atomic E-state index is 0.833. The maximum atomic E-state index is 9.00. The van der Waals surface area contributed by atoms with Crippen LogP contribution in [0.25, 0.3) is 0 Å². The van der Waals surface area contributed by atoms with E-state index in [1.807, 2.05) is 0 Å². The lowest BCUT2D eigenvalue weighted by molar-refractivity contribution is 0.256. The van der Waals surface area contributed by atoms with Crippen LogP contribution >= 0.6 is 0 Å². The molecule has 0 aromatic carbocycles. The van der Waals surface area contributed by atoms with Crippen molar-refractivity contribution in [2.24, 2.45) is 11.5 Å². The number of nitrogens with two attached hydrogens (primary N) is 2. The van der Waals surface area contributed by atoms with Crippen molar-refractivity contribution in [2.45, 2.75) is 0 Å². The summed E-state index contributed by atoms with van der Waals surface area (Å²) in [7, 11) is -2.17. The second-order valence-corrected chi connectivity index (χ2v) is 0.749. The topological polar surface area (TPSA) is 130 Å². The maximum absolute atomic E-state index is 9.00. The third-order valence-corrected chi connectivity index (χ3v) is 0. The highest BCUT2D eigenvalue weighted by atomic mass is 16.5. The van der Waals surface area contributed by atoms with Gasteiger partial charge >= 0.3 is 13.4 Å².